The van der Waals surface area contributed by atoms with E-state index in [-0.39, 0.29) is 35.1 Å². The molecule has 2 heterocycles. The molecule has 1 aromatic carbocycles. The number of esters is 1. The lowest BCUT2D eigenvalue weighted by molar-refractivity contribution is -0.136. The number of carboxylic acids is 1. The summed E-state index contributed by atoms with van der Waals surface area (Å²) >= 11 is 0. The minimum atomic E-state index is -1.02. The van der Waals surface area contributed by atoms with Crippen LogP contribution in [0.2, 0.25) is 0 Å². The second kappa shape index (κ2) is 7.61. The van der Waals surface area contributed by atoms with E-state index in [1.165, 1.54) is 48.3 Å². The normalized spacial score (nSPS) is 10.5. The van der Waals surface area contributed by atoms with Crippen molar-refractivity contribution in [3.8, 4) is 11.5 Å². The number of hydrogen-bond donors (Lipinski definition) is 3. The van der Waals surface area contributed by atoms with E-state index in [0.29, 0.717) is 11.4 Å². The lowest BCUT2D eigenvalue weighted by Crippen LogP contribution is -2.22. The molecule has 0 spiro atoms. The van der Waals surface area contributed by atoms with Crippen LogP contribution in [0.4, 0.5) is 5.69 Å². The highest BCUT2D eigenvalue weighted by Crippen LogP contribution is 2.29. The van der Waals surface area contributed by atoms with Gasteiger partial charge in [0, 0.05) is 0 Å². The number of nitrogens with zero attached hydrogens (tertiary/aromatic N) is 4. The number of rotatable bonds is 6. The van der Waals surface area contributed by atoms with E-state index in [4.69, 9.17) is 26.0 Å². The molecule has 11 nitrogen and oxygen atoms in total. The molecule has 0 amide bonds. The minimum Gasteiger partial charge on any atom is -0.494 e. The van der Waals surface area contributed by atoms with Crippen LogP contribution < -0.4 is 20.9 Å². The van der Waals surface area contributed by atoms with E-state index in [2.05, 4.69) is 15.1 Å². The molecule has 0 saturated heterocycles. The number of hydrogen-bond acceptors (Lipinski definition) is 7. The van der Waals surface area contributed by atoms with Crippen molar-refractivity contribution in [3.05, 3.63) is 47.9 Å². The summed E-state index contributed by atoms with van der Waals surface area (Å²) in [5, 5.41) is 12.9. The first kappa shape index (κ1) is 18.6. The Labute approximate surface area is 158 Å². The van der Waals surface area contributed by atoms with Crippen LogP contribution in [0.15, 0.2) is 41.7 Å². The number of aliphatic carboxylic acids is 1. The van der Waals surface area contributed by atoms with Gasteiger partial charge in [0.05, 0.1) is 24.8 Å². The monoisotopic (exact) mass is 384 g/mol. The van der Waals surface area contributed by atoms with E-state index in [9.17, 15) is 9.59 Å². The zero-order valence-electron chi connectivity index (χ0n) is 14.7. The van der Waals surface area contributed by atoms with Gasteiger partial charge in [-0.3, -0.25) is 4.79 Å². The average Bonchev–Trinajstić information content (AvgIpc) is 3.13. The molecule has 0 aliphatic rings. The van der Waals surface area contributed by atoms with Gasteiger partial charge in [0.15, 0.2) is 17.4 Å². The first-order valence-corrected chi connectivity index (χ1v) is 7.92. The second-order valence-corrected chi connectivity index (χ2v) is 5.57. The van der Waals surface area contributed by atoms with Crippen molar-refractivity contribution >= 4 is 29.2 Å². The summed E-state index contributed by atoms with van der Waals surface area (Å²) in [5.41, 5.74) is 11.9. The quantitative estimate of drug-likeness (QED) is 0.311. The van der Waals surface area contributed by atoms with Gasteiger partial charge in [-0.1, -0.05) is 0 Å². The Kier molecular flexibility index (Phi) is 5.07. The van der Waals surface area contributed by atoms with Gasteiger partial charge in [0.25, 0.3) is 0 Å². The van der Waals surface area contributed by atoms with Crippen molar-refractivity contribution in [1.29, 1.82) is 0 Å². The summed E-state index contributed by atoms with van der Waals surface area (Å²) < 4.78 is 11.9. The molecule has 0 saturated carbocycles. The van der Waals surface area contributed by atoms with Crippen LogP contribution in [0.1, 0.15) is 16.1 Å². The zero-order valence-corrected chi connectivity index (χ0v) is 14.7. The summed E-state index contributed by atoms with van der Waals surface area (Å²) in [5.74, 6) is -1.43. The van der Waals surface area contributed by atoms with Crippen LogP contribution in [0.3, 0.4) is 0 Å². The number of carbonyl (C=O) groups excluding carboxylic acids is 1. The number of carbonyl (C=O) groups is 2. The fourth-order valence-electron chi connectivity index (χ4n) is 2.50. The van der Waals surface area contributed by atoms with Gasteiger partial charge in [-0.2, -0.15) is 5.10 Å². The van der Waals surface area contributed by atoms with Crippen molar-refractivity contribution in [2.75, 3.05) is 7.11 Å². The van der Waals surface area contributed by atoms with Gasteiger partial charge in [-0.15, -0.1) is 0 Å². The predicted octanol–water partition coefficient (Wildman–Crippen LogP) is 0.489. The molecule has 2 aromatic heterocycles. The summed E-state index contributed by atoms with van der Waals surface area (Å²) in [6.45, 7) is 0. The summed E-state index contributed by atoms with van der Waals surface area (Å²) in [4.78, 5) is 31.4. The molecule has 0 aliphatic heterocycles. The topological polar surface area (TPSA) is 167 Å². The number of guanidine groups is 1. The van der Waals surface area contributed by atoms with Crippen LogP contribution in [0.5, 0.6) is 11.5 Å². The SMILES string of the molecule is COc1cc(C(=O)Oc2ccc(CC(=O)O)n3ncnc23)ccc1N=C(N)N. The maximum absolute atomic E-state index is 12.5. The highest BCUT2D eigenvalue weighted by molar-refractivity contribution is 5.93. The second-order valence-electron chi connectivity index (χ2n) is 5.57. The molecule has 0 bridgehead atoms. The Morgan fingerprint density at radius 2 is 2.00 bits per heavy atom. The van der Waals surface area contributed by atoms with Crippen LogP contribution in [-0.2, 0) is 11.2 Å². The highest BCUT2D eigenvalue weighted by Gasteiger charge is 2.17. The molecule has 0 fully saturated rings. The number of fused-ring (bicyclic) bond motifs is 1. The van der Waals surface area contributed by atoms with Crippen LogP contribution in [0.25, 0.3) is 5.65 Å². The Morgan fingerprint density at radius 3 is 2.68 bits per heavy atom. The lowest BCUT2D eigenvalue weighted by atomic mass is 10.2. The Hall–Kier alpha value is -4.15. The maximum atomic E-state index is 12.5. The van der Waals surface area contributed by atoms with E-state index in [0.717, 1.165) is 0 Å². The number of aromatic nitrogens is 3. The third-order valence-electron chi connectivity index (χ3n) is 3.67. The third-order valence-corrected chi connectivity index (χ3v) is 3.67. The molecule has 0 unspecified atom stereocenters. The van der Waals surface area contributed by atoms with Crippen molar-refractivity contribution in [3.63, 3.8) is 0 Å². The van der Waals surface area contributed by atoms with Crippen LogP contribution in [-0.4, -0.2) is 44.7 Å². The van der Waals surface area contributed by atoms with Crippen molar-refractivity contribution in [1.82, 2.24) is 14.6 Å². The van der Waals surface area contributed by atoms with Crippen LogP contribution >= 0.6 is 0 Å². The number of nitrogens with two attached hydrogens (primary N) is 2. The molecular formula is C17H16N6O5. The van der Waals surface area contributed by atoms with Gasteiger partial charge in [-0.05, 0) is 30.3 Å². The molecular weight excluding hydrogens is 368 g/mol. The maximum Gasteiger partial charge on any atom is 0.343 e. The number of aliphatic imine (C=N–C) groups is 1. The number of benzene rings is 1. The van der Waals surface area contributed by atoms with Crippen LogP contribution in [0, 0.1) is 0 Å². The molecule has 5 N–H and O–H groups in total. The highest BCUT2D eigenvalue weighted by atomic mass is 16.5. The number of ether oxygens (including phenoxy) is 2. The van der Waals surface area contributed by atoms with Gasteiger partial charge in [-0.25, -0.2) is 19.3 Å². The van der Waals surface area contributed by atoms with E-state index >= 15 is 0 Å². The number of carboxylic acid groups (broad SMARTS) is 1. The third kappa shape index (κ3) is 3.82. The van der Waals surface area contributed by atoms with E-state index in [1.54, 1.807) is 0 Å². The molecule has 0 aliphatic carbocycles. The molecule has 0 radical (unpaired) electrons. The molecule has 144 valence electrons. The van der Waals surface area contributed by atoms with Crippen molar-refractivity contribution < 1.29 is 24.2 Å². The largest absolute Gasteiger partial charge is 0.494 e. The van der Waals surface area contributed by atoms with Gasteiger partial charge >= 0.3 is 11.9 Å². The van der Waals surface area contributed by atoms with Gasteiger partial charge in [0.2, 0.25) is 0 Å². The summed E-state index contributed by atoms with van der Waals surface area (Å²) in [6, 6.07) is 7.39. The van der Waals surface area contributed by atoms with Gasteiger partial charge in [0.1, 0.15) is 17.8 Å². The summed E-state index contributed by atoms with van der Waals surface area (Å²) in [7, 11) is 1.41. The smallest absolute Gasteiger partial charge is 0.343 e. The standard InChI is InChI=1S/C17H16N6O5/c1-27-13-6-9(2-4-11(13)22-17(18)19)16(26)28-12-5-3-10(7-14(24)25)23-15(12)20-8-21-23/h2-6,8H,7H2,1H3,(H,24,25)(H4,18,19,22). The number of methoxy groups -OCH3 is 1. The van der Waals surface area contributed by atoms with E-state index in [1.807, 2.05) is 0 Å². The fraction of sp³-hybridized carbons (Fsp3) is 0.118. The Balaban J connectivity index is 1.90. The minimum absolute atomic E-state index is 0.129. The average molecular weight is 384 g/mol. The molecule has 3 rings (SSSR count). The summed E-state index contributed by atoms with van der Waals surface area (Å²) in [6.07, 6.45) is 0.989. The first-order chi connectivity index (χ1) is 13.4. The first-order valence-electron chi connectivity index (χ1n) is 7.92. The van der Waals surface area contributed by atoms with Crippen molar-refractivity contribution in [2.45, 2.75) is 6.42 Å². The Bertz CT molecular complexity index is 1090. The van der Waals surface area contributed by atoms with E-state index < -0.39 is 11.9 Å². The van der Waals surface area contributed by atoms with Gasteiger partial charge < -0.3 is 26.0 Å². The zero-order chi connectivity index (χ0) is 20.3. The molecule has 0 atom stereocenters. The Morgan fingerprint density at radius 1 is 1.21 bits per heavy atom. The lowest BCUT2D eigenvalue weighted by Gasteiger charge is -2.09. The van der Waals surface area contributed by atoms with Crippen molar-refractivity contribution in [2.24, 2.45) is 16.5 Å². The fourth-order valence-corrected chi connectivity index (χ4v) is 2.50. The number of pyridine rings is 1. The molecule has 3 aromatic rings. The molecule has 11 heteroatoms. The predicted molar refractivity (Wildman–Crippen MR) is 97.7 cm³/mol. The molecule has 28 heavy (non-hydrogen) atoms.